The minimum Gasteiger partial charge on any atom is -0.316 e. The minimum atomic E-state index is 0.683. The van der Waals surface area contributed by atoms with Gasteiger partial charge in [-0.15, -0.1) is 0 Å². The highest BCUT2D eigenvalue weighted by Gasteiger charge is 2.06. The number of nitrogens with one attached hydrogen (secondary N) is 1. The highest BCUT2D eigenvalue weighted by atomic mass is 14.9. The Morgan fingerprint density at radius 1 is 1.06 bits per heavy atom. The van der Waals surface area contributed by atoms with Crippen LogP contribution in [0.5, 0.6) is 0 Å². The zero-order chi connectivity index (χ0) is 12.3. The van der Waals surface area contributed by atoms with E-state index in [4.69, 9.17) is 0 Å². The standard InChI is InChI=1S/C13H16N4/c1-9-4-10(2)12(15-5-9)13-16-7-11(6-14-3)8-17-13/h4-5,7-8,14H,6H2,1-3H3. The number of aryl methyl sites for hydroxylation is 2. The molecule has 2 aromatic heterocycles. The van der Waals surface area contributed by atoms with Crippen molar-refractivity contribution in [2.75, 3.05) is 7.05 Å². The summed E-state index contributed by atoms with van der Waals surface area (Å²) in [5.74, 6) is 0.683. The first-order chi connectivity index (χ1) is 8.20. The largest absolute Gasteiger partial charge is 0.316 e. The first-order valence-corrected chi connectivity index (χ1v) is 5.60. The molecule has 0 saturated carbocycles. The number of aromatic nitrogens is 3. The first-order valence-electron chi connectivity index (χ1n) is 5.60. The van der Waals surface area contributed by atoms with Gasteiger partial charge in [-0.1, -0.05) is 6.07 Å². The molecule has 0 fully saturated rings. The monoisotopic (exact) mass is 228 g/mol. The van der Waals surface area contributed by atoms with Gasteiger partial charge in [0.15, 0.2) is 5.82 Å². The highest BCUT2D eigenvalue weighted by molar-refractivity contribution is 5.54. The molecular weight excluding hydrogens is 212 g/mol. The van der Waals surface area contributed by atoms with Gasteiger partial charge < -0.3 is 5.32 Å². The normalized spacial score (nSPS) is 10.5. The molecule has 17 heavy (non-hydrogen) atoms. The van der Waals surface area contributed by atoms with Gasteiger partial charge in [0.1, 0.15) is 5.69 Å². The summed E-state index contributed by atoms with van der Waals surface area (Å²) in [4.78, 5) is 13.1. The molecule has 2 heterocycles. The lowest BCUT2D eigenvalue weighted by Gasteiger charge is -2.05. The van der Waals surface area contributed by atoms with Crippen molar-refractivity contribution in [1.29, 1.82) is 0 Å². The Labute approximate surface area is 101 Å². The molecule has 0 bridgehead atoms. The number of pyridine rings is 1. The Bertz CT molecular complexity index is 505. The first kappa shape index (κ1) is 11.7. The summed E-state index contributed by atoms with van der Waals surface area (Å²) in [6.45, 7) is 4.83. The van der Waals surface area contributed by atoms with E-state index in [0.717, 1.165) is 28.9 Å². The Balaban J connectivity index is 2.33. The zero-order valence-electron chi connectivity index (χ0n) is 10.4. The van der Waals surface area contributed by atoms with Gasteiger partial charge in [0.2, 0.25) is 0 Å². The predicted molar refractivity (Wildman–Crippen MR) is 67.5 cm³/mol. The van der Waals surface area contributed by atoms with Gasteiger partial charge in [-0.05, 0) is 32.0 Å². The quantitative estimate of drug-likeness (QED) is 0.871. The molecule has 0 unspecified atom stereocenters. The number of nitrogens with zero attached hydrogens (tertiary/aromatic N) is 3. The summed E-state index contributed by atoms with van der Waals surface area (Å²) < 4.78 is 0. The van der Waals surface area contributed by atoms with Crippen LogP contribution in [0.1, 0.15) is 16.7 Å². The van der Waals surface area contributed by atoms with Crippen LogP contribution >= 0.6 is 0 Å². The maximum Gasteiger partial charge on any atom is 0.178 e. The fourth-order valence-electron chi connectivity index (χ4n) is 1.72. The van der Waals surface area contributed by atoms with Crippen LogP contribution in [0.2, 0.25) is 0 Å². The Hall–Kier alpha value is -1.81. The summed E-state index contributed by atoms with van der Waals surface area (Å²) in [6, 6.07) is 2.09. The third-order valence-corrected chi connectivity index (χ3v) is 2.51. The molecule has 0 aliphatic heterocycles. The van der Waals surface area contributed by atoms with Gasteiger partial charge in [0.05, 0.1) is 0 Å². The lowest BCUT2D eigenvalue weighted by molar-refractivity contribution is 0.807. The van der Waals surface area contributed by atoms with Crippen LogP contribution in [0.25, 0.3) is 11.5 Å². The van der Waals surface area contributed by atoms with Crippen molar-refractivity contribution in [1.82, 2.24) is 20.3 Å². The van der Waals surface area contributed by atoms with Crippen molar-refractivity contribution < 1.29 is 0 Å². The second-order valence-electron chi connectivity index (χ2n) is 4.12. The second-order valence-corrected chi connectivity index (χ2v) is 4.12. The lowest BCUT2D eigenvalue weighted by atomic mass is 10.1. The molecule has 4 nitrogen and oxygen atoms in total. The minimum absolute atomic E-state index is 0.683. The zero-order valence-corrected chi connectivity index (χ0v) is 10.4. The molecule has 2 rings (SSSR count). The maximum atomic E-state index is 4.38. The maximum absolute atomic E-state index is 4.38. The molecule has 4 heteroatoms. The van der Waals surface area contributed by atoms with E-state index in [1.54, 1.807) is 0 Å². The van der Waals surface area contributed by atoms with Crippen molar-refractivity contribution in [3.63, 3.8) is 0 Å². The Kier molecular flexibility index (Phi) is 3.44. The number of hydrogen-bond donors (Lipinski definition) is 1. The predicted octanol–water partition coefficient (Wildman–Crippen LogP) is 1.87. The van der Waals surface area contributed by atoms with Crippen LogP contribution in [0, 0.1) is 13.8 Å². The smallest absolute Gasteiger partial charge is 0.178 e. The van der Waals surface area contributed by atoms with Gasteiger partial charge in [0, 0.05) is 30.7 Å². The van der Waals surface area contributed by atoms with Crippen LogP contribution < -0.4 is 5.32 Å². The second kappa shape index (κ2) is 5.01. The van der Waals surface area contributed by atoms with Crippen molar-refractivity contribution in [3.05, 3.63) is 41.3 Å². The molecule has 2 aromatic rings. The van der Waals surface area contributed by atoms with Gasteiger partial charge in [0.25, 0.3) is 0 Å². The van der Waals surface area contributed by atoms with E-state index in [-0.39, 0.29) is 0 Å². The van der Waals surface area contributed by atoms with E-state index in [9.17, 15) is 0 Å². The van der Waals surface area contributed by atoms with E-state index in [2.05, 4.69) is 26.3 Å². The molecule has 0 radical (unpaired) electrons. The van der Waals surface area contributed by atoms with Gasteiger partial charge >= 0.3 is 0 Å². The van der Waals surface area contributed by atoms with E-state index < -0.39 is 0 Å². The molecule has 0 aliphatic carbocycles. The van der Waals surface area contributed by atoms with Crippen LogP contribution in [-0.2, 0) is 6.54 Å². The topological polar surface area (TPSA) is 50.7 Å². The van der Waals surface area contributed by atoms with Crippen molar-refractivity contribution in [3.8, 4) is 11.5 Å². The fourth-order valence-corrected chi connectivity index (χ4v) is 1.72. The molecule has 0 amide bonds. The third kappa shape index (κ3) is 2.65. The summed E-state index contributed by atoms with van der Waals surface area (Å²) in [5.41, 5.74) is 4.18. The number of rotatable bonds is 3. The average Bonchev–Trinajstić information content (AvgIpc) is 2.31. The van der Waals surface area contributed by atoms with E-state index in [0.29, 0.717) is 5.82 Å². The van der Waals surface area contributed by atoms with E-state index in [1.807, 2.05) is 39.5 Å². The average molecular weight is 228 g/mol. The van der Waals surface area contributed by atoms with Crippen LogP contribution in [0.3, 0.4) is 0 Å². The van der Waals surface area contributed by atoms with Crippen LogP contribution in [0.4, 0.5) is 0 Å². The molecule has 0 aliphatic rings. The molecular formula is C13H16N4. The molecule has 0 atom stereocenters. The fraction of sp³-hybridized carbons (Fsp3) is 0.308. The van der Waals surface area contributed by atoms with Crippen molar-refractivity contribution in [2.24, 2.45) is 0 Å². The Morgan fingerprint density at radius 2 is 1.76 bits per heavy atom. The molecule has 0 saturated heterocycles. The van der Waals surface area contributed by atoms with Gasteiger partial charge in [-0.2, -0.15) is 0 Å². The lowest BCUT2D eigenvalue weighted by Crippen LogP contribution is -2.06. The molecule has 0 aromatic carbocycles. The summed E-state index contributed by atoms with van der Waals surface area (Å²) in [7, 11) is 1.90. The van der Waals surface area contributed by atoms with Crippen molar-refractivity contribution >= 4 is 0 Å². The highest BCUT2D eigenvalue weighted by Crippen LogP contribution is 2.17. The van der Waals surface area contributed by atoms with Crippen LogP contribution in [0.15, 0.2) is 24.7 Å². The molecule has 1 N–H and O–H groups in total. The van der Waals surface area contributed by atoms with Crippen molar-refractivity contribution in [2.45, 2.75) is 20.4 Å². The summed E-state index contributed by atoms with van der Waals surface area (Å²) in [6.07, 6.45) is 5.51. The molecule has 0 spiro atoms. The summed E-state index contributed by atoms with van der Waals surface area (Å²) in [5, 5.41) is 3.07. The third-order valence-electron chi connectivity index (χ3n) is 2.51. The molecule has 88 valence electrons. The summed E-state index contributed by atoms with van der Waals surface area (Å²) >= 11 is 0. The van der Waals surface area contributed by atoms with E-state index >= 15 is 0 Å². The Morgan fingerprint density at radius 3 is 2.35 bits per heavy atom. The number of hydrogen-bond acceptors (Lipinski definition) is 4. The van der Waals surface area contributed by atoms with E-state index in [1.165, 1.54) is 0 Å². The van der Waals surface area contributed by atoms with Gasteiger partial charge in [-0.3, -0.25) is 4.98 Å². The van der Waals surface area contributed by atoms with Crippen LogP contribution in [-0.4, -0.2) is 22.0 Å². The van der Waals surface area contributed by atoms with Gasteiger partial charge in [-0.25, -0.2) is 9.97 Å². The SMILES string of the molecule is CNCc1cnc(-c2ncc(C)cc2C)nc1.